The average Bonchev–Trinajstić information content (AvgIpc) is 2.82. The lowest BCUT2D eigenvalue weighted by molar-refractivity contribution is -0.116. The van der Waals surface area contributed by atoms with Crippen molar-refractivity contribution in [2.24, 2.45) is 0 Å². The summed E-state index contributed by atoms with van der Waals surface area (Å²) in [5, 5.41) is 5.10. The monoisotopic (exact) mass is 533 g/mol. The van der Waals surface area contributed by atoms with E-state index in [0.29, 0.717) is 0 Å². The summed E-state index contributed by atoms with van der Waals surface area (Å²) in [5.74, 6) is -1.21. The maximum atomic E-state index is 12.9. The minimum absolute atomic E-state index is 0.00602. The van der Waals surface area contributed by atoms with Gasteiger partial charge in [0.1, 0.15) is 5.60 Å². The van der Waals surface area contributed by atoms with Crippen LogP contribution in [0.15, 0.2) is 47.4 Å². The summed E-state index contributed by atoms with van der Waals surface area (Å²) >= 11 is 0. The summed E-state index contributed by atoms with van der Waals surface area (Å²) in [5.41, 5.74) is 0.572. The molecule has 11 heteroatoms. The minimum Gasteiger partial charge on any atom is -0.465 e. The lowest BCUT2D eigenvalue weighted by Crippen LogP contribution is -2.34. The molecule has 0 atom stereocenters. The molecule has 202 valence electrons. The Labute approximate surface area is 218 Å². The van der Waals surface area contributed by atoms with Crippen LogP contribution in [0.2, 0.25) is 0 Å². The lowest BCUT2D eigenvalue weighted by Gasteiger charge is -2.19. The van der Waals surface area contributed by atoms with Gasteiger partial charge >= 0.3 is 12.1 Å². The number of nitrogens with one attached hydrogen (secondary N) is 3. The smallest absolute Gasteiger partial charge is 0.407 e. The van der Waals surface area contributed by atoms with Crippen molar-refractivity contribution in [3.05, 3.63) is 53.6 Å². The molecule has 0 aliphatic carbocycles. The van der Waals surface area contributed by atoms with Crippen LogP contribution in [0.25, 0.3) is 0 Å². The third-order valence-corrected chi connectivity index (χ3v) is 6.41. The Morgan fingerprint density at radius 2 is 1.68 bits per heavy atom. The predicted octanol–water partition coefficient (Wildman–Crippen LogP) is 4.47. The number of carbonyl (C=O) groups is 3. The summed E-state index contributed by atoms with van der Waals surface area (Å²) < 4.78 is 38.2. The Morgan fingerprint density at radius 3 is 2.27 bits per heavy atom. The van der Waals surface area contributed by atoms with Crippen molar-refractivity contribution in [2.75, 3.05) is 23.7 Å². The Balaban J connectivity index is 2.10. The van der Waals surface area contributed by atoms with Gasteiger partial charge in [-0.3, -0.25) is 9.52 Å². The van der Waals surface area contributed by atoms with Crippen LogP contribution in [0.1, 0.15) is 62.9 Å². The van der Waals surface area contributed by atoms with E-state index in [-0.39, 0.29) is 34.8 Å². The minimum atomic E-state index is -3.98. The highest BCUT2D eigenvalue weighted by Gasteiger charge is 2.21. The highest BCUT2D eigenvalue weighted by atomic mass is 32.2. The lowest BCUT2D eigenvalue weighted by atomic mass is 10.1. The van der Waals surface area contributed by atoms with Crippen LogP contribution < -0.4 is 15.4 Å². The van der Waals surface area contributed by atoms with E-state index in [1.807, 2.05) is 0 Å². The van der Waals surface area contributed by atoms with Crippen LogP contribution >= 0.6 is 0 Å². The summed E-state index contributed by atoms with van der Waals surface area (Å²) in [4.78, 5) is 36.4. The summed E-state index contributed by atoms with van der Waals surface area (Å²) in [6.45, 7) is 7.31. The number of hydrogen-bond donors (Lipinski definition) is 3. The van der Waals surface area contributed by atoms with Gasteiger partial charge in [0.25, 0.3) is 10.0 Å². The first kappa shape index (κ1) is 29.6. The molecule has 0 fully saturated rings. The summed E-state index contributed by atoms with van der Waals surface area (Å²) in [7, 11) is -2.81. The van der Waals surface area contributed by atoms with Crippen molar-refractivity contribution in [2.45, 2.75) is 63.9 Å². The second-order valence-corrected chi connectivity index (χ2v) is 11.0. The molecule has 0 saturated heterocycles. The number of aryl methyl sites for hydroxylation is 1. The molecule has 0 unspecified atom stereocenters. The van der Waals surface area contributed by atoms with E-state index in [4.69, 9.17) is 9.47 Å². The number of methoxy groups -OCH3 is 1. The molecule has 0 saturated carbocycles. The molecule has 2 aromatic rings. The van der Waals surface area contributed by atoms with Crippen LogP contribution in [0.3, 0.4) is 0 Å². The SMILES string of the molecule is CCCCc1ccc(S(=O)(=O)Nc2ccc(NC(=O)CCNC(=O)OC(C)(C)C)cc2C(=O)OC)cc1. The van der Waals surface area contributed by atoms with Crippen molar-refractivity contribution >= 4 is 39.4 Å². The first-order valence-corrected chi connectivity index (χ1v) is 13.4. The Bertz CT molecular complexity index is 1200. The van der Waals surface area contributed by atoms with E-state index in [9.17, 15) is 22.8 Å². The van der Waals surface area contributed by atoms with Crippen LogP contribution in [0.4, 0.5) is 16.2 Å². The standard InChI is InChI=1S/C26H35N3O7S/c1-6-7-8-18-9-12-20(13-10-18)37(33,34)29-22-14-11-19(17-21(22)24(31)35-5)28-23(30)15-16-27-25(32)36-26(2,3)4/h9-14,17,29H,6-8,15-16H2,1-5H3,(H,27,32)(H,28,30). The molecule has 0 heterocycles. The zero-order chi connectivity index (χ0) is 27.6. The Morgan fingerprint density at radius 1 is 1.00 bits per heavy atom. The first-order chi connectivity index (χ1) is 17.3. The number of esters is 1. The molecule has 10 nitrogen and oxygen atoms in total. The van der Waals surface area contributed by atoms with E-state index < -0.39 is 33.6 Å². The normalized spacial score (nSPS) is 11.4. The van der Waals surface area contributed by atoms with E-state index in [1.54, 1.807) is 32.9 Å². The second kappa shape index (κ2) is 13.1. The quantitative estimate of drug-likeness (QED) is 0.362. The summed E-state index contributed by atoms with van der Waals surface area (Å²) in [6, 6.07) is 10.7. The van der Waals surface area contributed by atoms with Gasteiger partial charge < -0.3 is 20.1 Å². The molecule has 0 aliphatic heterocycles. The highest BCUT2D eigenvalue weighted by molar-refractivity contribution is 7.92. The number of carbonyl (C=O) groups excluding carboxylic acids is 3. The van der Waals surface area contributed by atoms with E-state index >= 15 is 0 Å². The molecule has 0 aromatic heterocycles. The van der Waals surface area contributed by atoms with Crippen molar-refractivity contribution in [3.63, 3.8) is 0 Å². The van der Waals surface area contributed by atoms with Gasteiger partial charge in [0.05, 0.1) is 23.3 Å². The number of anilines is 2. The Kier molecular flexibility index (Phi) is 10.5. The van der Waals surface area contributed by atoms with Gasteiger partial charge in [-0.2, -0.15) is 0 Å². The van der Waals surface area contributed by atoms with E-state index in [0.717, 1.165) is 24.8 Å². The largest absolute Gasteiger partial charge is 0.465 e. The molecule has 37 heavy (non-hydrogen) atoms. The zero-order valence-corrected chi connectivity index (χ0v) is 22.7. The van der Waals surface area contributed by atoms with Crippen LogP contribution in [-0.4, -0.2) is 45.6 Å². The number of amides is 2. The molecular weight excluding hydrogens is 498 g/mol. The fraction of sp³-hybridized carbons (Fsp3) is 0.423. The number of alkyl carbamates (subject to hydrolysis) is 1. The maximum absolute atomic E-state index is 12.9. The fourth-order valence-corrected chi connectivity index (χ4v) is 4.31. The molecule has 2 rings (SSSR count). The predicted molar refractivity (Wildman–Crippen MR) is 141 cm³/mol. The molecule has 2 amide bonds. The van der Waals surface area contributed by atoms with Crippen molar-refractivity contribution in [1.29, 1.82) is 0 Å². The van der Waals surface area contributed by atoms with Crippen LogP contribution in [0.5, 0.6) is 0 Å². The number of benzene rings is 2. The average molecular weight is 534 g/mol. The van der Waals surface area contributed by atoms with Gasteiger partial charge in [-0.15, -0.1) is 0 Å². The zero-order valence-electron chi connectivity index (χ0n) is 21.8. The Hall–Kier alpha value is -3.60. The van der Waals surface area contributed by atoms with Crippen molar-refractivity contribution in [3.8, 4) is 0 Å². The second-order valence-electron chi connectivity index (χ2n) is 9.33. The number of hydrogen-bond acceptors (Lipinski definition) is 7. The molecule has 0 bridgehead atoms. The molecule has 0 radical (unpaired) electrons. The third-order valence-electron chi connectivity index (χ3n) is 5.03. The number of rotatable bonds is 11. The van der Waals surface area contributed by atoms with Gasteiger partial charge in [0, 0.05) is 18.7 Å². The molecular formula is C26H35N3O7S. The fourth-order valence-electron chi connectivity index (χ4n) is 3.23. The number of sulfonamides is 1. The van der Waals surface area contributed by atoms with E-state index in [1.165, 1.54) is 37.4 Å². The van der Waals surface area contributed by atoms with Gasteiger partial charge in [0.15, 0.2) is 0 Å². The maximum Gasteiger partial charge on any atom is 0.407 e. The highest BCUT2D eigenvalue weighted by Crippen LogP contribution is 2.25. The third kappa shape index (κ3) is 9.76. The number of ether oxygens (including phenoxy) is 2. The molecule has 0 aliphatic rings. The van der Waals surface area contributed by atoms with Crippen LogP contribution in [-0.2, 0) is 30.7 Å². The number of unbranched alkanes of at least 4 members (excludes halogenated alkanes) is 1. The van der Waals surface area contributed by atoms with Gasteiger partial charge in [0.2, 0.25) is 5.91 Å². The van der Waals surface area contributed by atoms with Gasteiger partial charge in [-0.25, -0.2) is 18.0 Å². The van der Waals surface area contributed by atoms with Gasteiger partial charge in [-0.1, -0.05) is 25.5 Å². The van der Waals surface area contributed by atoms with Crippen molar-refractivity contribution < 1.29 is 32.3 Å². The molecule has 0 spiro atoms. The van der Waals surface area contributed by atoms with E-state index in [2.05, 4.69) is 22.3 Å². The van der Waals surface area contributed by atoms with Crippen molar-refractivity contribution in [1.82, 2.24) is 5.32 Å². The summed E-state index contributed by atoms with van der Waals surface area (Å²) in [6.07, 6.45) is 2.23. The van der Waals surface area contributed by atoms with Crippen LogP contribution in [0, 0.1) is 0 Å². The molecule has 2 aromatic carbocycles. The first-order valence-electron chi connectivity index (χ1n) is 12.0. The molecule has 3 N–H and O–H groups in total. The topological polar surface area (TPSA) is 140 Å². The van der Waals surface area contributed by atoms with Gasteiger partial charge in [-0.05, 0) is 69.5 Å².